The normalized spacial score (nSPS) is 16.1. The van der Waals surface area contributed by atoms with Gasteiger partial charge in [0.2, 0.25) is 22.6 Å². The fraction of sp³-hybridized carbons (Fsp3) is 0.174. The first-order valence-electron chi connectivity index (χ1n) is 26.4. The number of nitrogens with zero attached hydrogens (tertiary/aromatic N) is 3. The van der Waals surface area contributed by atoms with Crippen LogP contribution in [0.3, 0.4) is 0 Å². The zero-order chi connectivity index (χ0) is 50.3. The second-order valence-corrected chi connectivity index (χ2v) is 23.0. The molecule has 0 saturated heterocycles. The van der Waals surface area contributed by atoms with E-state index in [9.17, 15) is 0 Å². The van der Waals surface area contributed by atoms with Crippen molar-refractivity contribution in [2.24, 2.45) is 0 Å². The minimum absolute atomic E-state index is 0.0279. The Morgan fingerprint density at radius 3 is 1.41 bits per heavy atom. The molecule has 0 saturated carbocycles. The monoisotopic (exact) mass is 972 g/mol. The van der Waals surface area contributed by atoms with Gasteiger partial charge in [0.1, 0.15) is 17.2 Å². The Kier molecular flexibility index (Phi) is 8.45. The molecule has 3 aliphatic carbocycles. The highest BCUT2D eigenvalue weighted by Crippen LogP contribution is 2.58. The van der Waals surface area contributed by atoms with Crippen LogP contribution in [0.15, 0.2) is 182 Å². The molecule has 6 aliphatic rings. The van der Waals surface area contributed by atoms with E-state index in [1.807, 2.05) is 0 Å². The van der Waals surface area contributed by atoms with Crippen LogP contribution in [0, 0.1) is 0 Å². The summed E-state index contributed by atoms with van der Waals surface area (Å²) in [4.78, 5) is 0. The lowest BCUT2D eigenvalue weighted by atomic mass is 9.80. The minimum atomic E-state index is -0.0568. The van der Waals surface area contributed by atoms with Crippen LogP contribution in [0.4, 0.5) is 0 Å². The average Bonchev–Trinajstić information content (AvgIpc) is 3.94. The van der Waals surface area contributed by atoms with Crippen LogP contribution in [-0.2, 0) is 36.4 Å². The van der Waals surface area contributed by atoms with E-state index in [2.05, 4.69) is 237 Å². The minimum Gasteiger partial charge on any atom is -0.434 e. The Balaban J connectivity index is 0.0000000966. The summed E-state index contributed by atoms with van der Waals surface area (Å²) in [6.45, 7) is 15.7. The van der Waals surface area contributed by atoms with Crippen molar-refractivity contribution in [1.29, 1.82) is 0 Å². The first-order chi connectivity index (χ1) is 36.5. The molecule has 0 N–H and O–H groups in total. The number of hydrogen-bond acceptors (Lipinski definition) is 3. The van der Waals surface area contributed by atoms with Crippen molar-refractivity contribution in [2.45, 2.75) is 78.0 Å². The fourth-order valence-corrected chi connectivity index (χ4v) is 14.1. The van der Waals surface area contributed by atoms with Gasteiger partial charge in [0, 0.05) is 72.0 Å². The molecule has 75 heavy (non-hydrogen) atoms. The number of benzene rings is 9. The van der Waals surface area contributed by atoms with Crippen molar-refractivity contribution in [3.63, 3.8) is 0 Å². The summed E-state index contributed by atoms with van der Waals surface area (Å²) in [6, 6.07) is 61.5. The largest absolute Gasteiger partial charge is 0.434 e. The summed E-state index contributed by atoms with van der Waals surface area (Å²) in [5.41, 5.74) is 17.4. The van der Waals surface area contributed by atoms with E-state index < -0.39 is 0 Å². The highest BCUT2D eigenvalue weighted by Gasteiger charge is 2.50. The number of ether oxygens (including phenoxy) is 3. The van der Waals surface area contributed by atoms with Gasteiger partial charge in [-0.15, -0.1) is 0 Å². The van der Waals surface area contributed by atoms with E-state index >= 15 is 0 Å². The molecule has 6 heterocycles. The Bertz CT molecular complexity index is 4580. The predicted molar refractivity (Wildman–Crippen MR) is 300 cm³/mol. The Morgan fingerprint density at radius 1 is 0.347 bits per heavy atom. The van der Waals surface area contributed by atoms with Crippen LogP contribution in [0.1, 0.15) is 74.9 Å². The highest BCUT2D eigenvalue weighted by atomic mass is 16.5. The summed E-state index contributed by atoms with van der Waals surface area (Å²) in [7, 11) is 0. The first-order valence-corrected chi connectivity index (χ1v) is 26.4. The van der Waals surface area contributed by atoms with Gasteiger partial charge in [-0.1, -0.05) is 157 Å². The standard InChI is InChI=1S/C27H20NO.C23H18NO.C19H16NO/c1-27(2)21-12-18-9-5-6-10-20(18)26-24(21)25-22(27)13-19-11-16-7-3-4-8-17(16)14-23(19)28(25)15-29-26;1-23(2)18-11-14-7-3-6-10-17(14)22-19(18)21-20(23)16-9-5-4-8-15(16)12-24(21)13-25-22;1-19(2)14-8-5-9-20-11-21-18-13-7-4-3-6-12(13)10-15(19)16(18)17(14)20/h3-14H,15H2,1-2H3;3-12H,13H2,1-2H3;3-10H,11H2,1-2H3/q3*+1. The van der Waals surface area contributed by atoms with Gasteiger partial charge >= 0.3 is 0 Å². The lowest BCUT2D eigenvalue weighted by Crippen LogP contribution is -2.42. The van der Waals surface area contributed by atoms with Crippen molar-refractivity contribution in [3.05, 3.63) is 216 Å². The van der Waals surface area contributed by atoms with E-state index in [1.165, 1.54) is 132 Å². The summed E-state index contributed by atoms with van der Waals surface area (Å²) < 4.78 is 25.8. The smallest absolute Gasteiger partial charge is 0.293 e. The maximum absolute atomic E-state index is 6.45. The number of rotatable bonds is 0. The van der Waals surface area contributed by atoms with E-state index in [-0.39, 0.29) is 16.2 Å². The van der Waals surface area contributed by atoms with E-state index in [4.69, 9.17) is 14.2 Å². The molecule has 0 spiro atoms. The molecule has 6 nitrogen and oxygen atoms in total. The Hall–Kier alpha value is -8.61. The highest BCUT2D eigenvalue weighted by molar-refractivity contribution is 6.05. The molecule has 0 unspecified atom stereocenters. The zero-order valence-corrected chi connectivity index (χ0v) is 43.0. The molecule has 0 radical (unpaired) electrons. The van der Waals surface area contributed by atoms with Crippen LogP contribution < -0.4 is 27.9 Å². The molecule has 9 aromatic carbocycles. The lowest BCUT2D eigenvalue weighted by molar-refractivity contribution is -0.717. The molecular formula is C69H54N3O3+3. The number of aromatic nitrogens is 3. The van der Waals surface area contributed by atoms with Crippen LogP contribution in [-0.4, -0.2) is 0 Å². The molecule has 0 amide bonds. The van der Waals surface area contributed by atoms with Crippen molar-refractivity contribution in [3.8, 4) is 51.0 Å². The number of fused-ring (bicyclic) bond motifs is 11. The van der Waals surface area contributed by atoms with Crippen LogP contribution in [0.2, 0.25) is 0 Å². The number of hydrogen-bond donors (Lipinski definition) is 0. The second-order valence-electron chi connectivity index (χ2n) is 23.0. The third-order valence-electron chi connectivity index (χ3n) is 17.9. The topological polar surface area (TPSA) is 39.3 Å². The number of pyridine rings is 3. The molecule has 0 bridgehead atoms. The van der Waals surface area contributed by atoms with Crippen LogP contribution >= 0.6 is 0 Å². The molecule has 3 aliphatic heterocycles. The molecule has 6 heteroatoms. The van der Waals surface area contributed by atoms with Crippen molar-refractivity contribution in [1.82, 2.24) is 0 Å². The molecular weight excluding hydrogens is 919 g/mol. The average molecular weight is 973 g/mol. The van der Waals surface area contributed by atoms with Gasteiger partial charge in [-0.25, -0.2) is 0 Å². The second kappa shape index (κ2) is 14.8. The van der Waals surface area contributed by atoms with Crippen molar-refractivity contribution in [2.75, 3.05) is 0 Å². The lowest BCUT2D eigenvalue weighted by Gasteiger charge is -2.21. The van der Waals surface area contributed by atoms with Gasteiger partial charge in [-0.2, -0.15) is 13.7 Å². The Labute approximate surface area is 435 Å². The zero-order valence-electron chi connectivity index (χ0n) is 43.0. The predicted octanol–water partition coefficient (Wildman–Crippen LogP) is 14.8. The summed E-state index contributed by atoms with van der Waals surface area (Å²) in [5.74, 6) is 3.15. The van der Waals surface area contributed by atoms with Crippen LogP contribution in [0.5, 0.6) is 17.2 Å². The third kappa shape index (κ3) is 5.66. The molecule has 360 valence electrons. The molecule has 0 atom stereocenters. The summed E-state index contributed by atoms with van der Waals surface area (Å²) in [5, 5.41) is 13.9. The maximum Gasteiger partial charge on any atom is 0.293 e. The molecule has 3 aromatic heterocycles. The molecule has 18 rings (SSSR count). The van der Waals surface area contributed by atoms with Crippen LogP contribution in [0.25, 0.3) is 98.5 Å². The maximum atomic E-state index is 6.45. The SMILES string of the molecule is CC1(C)c2cc3ccccc3c3c2-c2c1c1ccccc1c[n+]2CO3.CC1(C)c2cc3ccccc3c3c2-c2c1cc1cc4ccccc4cc1[n+]2CO3.CC1(C)c2cc3ccccc3c3c2-c2c1ccc[n+]2CO3. The van der Waals surface area contributed by atoms with Crippen molar-refractivity contribution >= 4 is 64.8 Å². The summed E-state index contributed by atoms with van der Waals surface area (Å²) in [6.07, 6.45) is 4.35. The van der Waals surface area contributed by atoms with Gasteiger partial charge < -0.3 is 14.2 Å². The molecule has 0 fully saturated rings. The first kappa shape index (κ1) is 42.9. The molecule has 12 aromatic rings. The van der Waals surface area contributed by atoms with Gasteiger partial charge in [-0.05, 0) is 91.5 Å². The van der Waals surface area contributed by atoms with E-state index in [0.29, 0.717) is 20.2 Å². The summed E-state index contributed by atoms with van der Waals surface area (Å²) >= 11 is 0. The van der Waals surface area contributed by atoms with E-state index in [1.54, 1.807) is 0 Å². The third-order valence-corrected chi connectivity index (χ3v) is 17.9. The van der Waals surface area contributed by atoms with Gasteiger partial charge in [0.25, 0.3) is 20.2 Å². The fourth-order valence-electron chi connectivity index (χ4n) is 14.1. The quantitative estimate of drug-likeness (QED) is 0.112. The van der Waals surface area contributed by atoms with Crippen molar-refractivity contribution < 1.29 is 27.9 Å². The van der Waals surface area contributed by atoms with Gasteiger partial charge in [0.15, 0.2) is 12.4 Å². The van der Waals surface area contributed by atoms with Gasteiger partial charge in [0.05, 0.1) is 16.7 Å². The Morgan fingerprint density at radius 2 is 0.800 bits per heavy atom. The van der Waals surface area contributed by atoms with E-state index in [0.717, 1.165) is 17.2 Å². The van der Waals surface area contributed by atoms with Gasteiger partial charge in [-0.3, -0.25) is 0 Å².